The lowest BCUT2D eigenvalue weighted by Gasteiger charge is -2.09. The number of anilines is 1. The summed E-state index contributed by atoms with van der Waals surface area (Å²) in [4.78, 5) is 17.4. The van der Waals surface area contributed by atoms with Crippen LogP contribution in [0.2, 0.25) is 0 Å². The minimum absolute atomic E-state index is 0.240. The smallest absolute Gasteiger partial charge is 0.259 e. The summed E-state index contributed by atoms with van der Waals surface area (Å²) in [6, 6.07) is 11.9. The van der Waals surface area contributed by atoms with Crippen LogP contribution in [-0.4, -0.2) is 48.5 Å². The van der Waals surface area contributed by atoms with E-state index < -0.39 is 0 Å². The average molecular weight is 469 g/mol. The Kier molecular flexibility index (Phi) is 5.14. The summed E-state index contributed by atoms with van der Waals surface area (Å²) >= 11 is 0. The summed E-state index contributed by atoms with van der Waals surface area (Å²) < 4.78 is 8.81. The van der Waals surface area contributed by atoms with Crippen LogP contribution in [0.1, 0.15) is 34.3 Å². The highest BCUT2D eigenvalue weighted by Gasteiger charge is 2.19. The molecule has 5 heterocycles. The van der Waals surface area contributed by atoms with Crippen molar-refractivity contribution in [3.63, 3.8) is 0 Å². The van der Waals surface area contributed by atoms with Crippen molar-refractivity contribution in [1.82, 2.24) is 34.9 Å². The number of aryl methyl sites for hydroxylation is 2. The summed E-state index contributed by atoms with van der Waals surface area (Å²) in [5.41, 5.74) is 5.39. The van der Waals surface area contributed by atoms with Gasteiger partial charge in [-0.2, -0.15) is 15.2 Å². The first-order chi connectivity index (χ1) is 17.0. The molecule has 10 heteroatoms. The van der Waals surface area contributed by atoms with E-state index in [1.54, 1.807) is 17.6 Å². The van der Waals surface area contributed by atoms with Crippen molar-refractivity contribution in [2.24, 2.45) is 0 Å². The molecule has 0 unspecified atom stereocenters. The van der Waals surface area contributed by atoms with Crippen molar-refractivity contribution < 1.29 is 9.32 Å². The predicted octanol–water partition coefficient (Wildman–Crippen LogP) is 3.65. The molecule has 35 heavy (non-hydrogen) atoms. The number of aromatic nitrogens is 6. The Balaban J connectivity index is 1.25. The minimum atomic E-state index is -0.240. The van der Waals surface area contributed by atoms with Crippen LogP contribution in [0.3, 0.4) is 0 Å². The Morgan fingerprint density at radius 3 is 2.86 bits per heavy atom. The molecule has 1 aliphatic heterocycles. The number of amides is 1. The van der Waals surface area contributed by atoms with E-state index in [0.29, 0.717) is 34.5 Å². The number of benzene rings is 1. The van der Waals surface area contributed by atoms with Gasteiger partial charge < -0.3 is 15.2 Å². The van der Waals surface area contributed by atoms with Crippen LogP contribution in [0.5, 0.6) is 0 Å². The van der Waals surface area contributed by atoms with Crippen LogP contribution >= 0.6 is 0 Å². The molecule has 0 bridgehead atoms. The molecule has 0 aliphatic carbocycles. The van der Waals surface area contributed by atoms with E-state index in [-0.39, 0.29) is 5.91 Å². The second-order valence-corrected chi connectivity index (χ2v) is 8.75. The zero-order valence-electron chi connectivity index (χ0n) is 19.4. The molecule has 0 spiro atoms. The number of hydrogen-bond acceptors (Lipinski definition) is 7. The van der Waals surface area contributed by atoms with E-state index in [1.807, 2.05) is 60.4 Å². The van der Waals surface area contributed by atoms with E-state index in [2.05, 4.69) is 25.9 Å². The van der Waals surface area contributed by atoms with Gasteiger partial charge in [0.15, 0.2) is 0 Å². The van der Waals surface area contributed by atoms with E-state index in [1.165, 1.54) is 0 Å². The number of carbonyl (C=O) groups excluding carboxylic acids is 1. The van der Waals surface area contributed by atoms with Crippen molar-refractivity contribution in [1.29, 1.82) is 0 Å². The molecule has 0 saturated carbocycles. The Hall–Kier alpha value is -4.31. The number of hydrogen-bond donors (Lipinski definition) is 2. The number of carbonyl (C=O) groups is 1. The maximum Gasteiger partial charge on any atom is 0.259 e. The first-order valence-electron chi connectivity index (χ1n) is 11.5. The highest BCUT2D eigenvalue weighted by molar-refractivity contribution is 6.09. The lowest BCUT2D eigenvalue weighted by Crippen LogP contribution is -2.13. The first kappa shape index (κ1) is 21.2. The number of nitrogens with zero attached hydrogens (tertiary/aromatic N) is 6. The summed E-state index contributed by atoms with van der Waals surface area (Å²) in [6.07, 6.45) is 6.58. The molecule has 1 aromatic carbocycles. The fourth-order valence-corrected chi connectivity index (χ4v) is 4.37. The quantitative estimate of drug-likeness (QED) is 0.405. The Morgan fingerprint density at radius 2 is 2.06 bits per heavy atom. The van der Waals surface area contributed by atoms with Gasteiger partial charge >= 0.3 is 0 Å². The monoisotopic (exact) mass is 468 g/mol. The van der Waals surface area contributed by atoms with E-state index in [4.69, 9.17) is 9.62 Å². The Labute approximate surface area is 201 Å². The number of pyridine rings is 1. The summed E-state index contributed by atoms with van der Waals surface area (Å²) in [7, 11) is 0. The van der Waals surface area contributed by atoms with Gasteiger partial charge in [-0.05, 0) is 49.7 Å². The van der Waals surface area contributed by atoms with Crippen molar-refractivity contribution in [2.75, 3.05) is 18.4 Å². The zero-order chi connectivity index (χ0) is 23.9. The maximum atomic E-state index is 13.2. The van der Waals surface area contributed by atoms with Crippen LogP contribution in [0.4, 0.5) is 5.69 Å². The predicted molar refractivity (Wildman–Crippen MR) is 130 cm³/mol. The van der Waals surface area contributed by atoms with Gasteiger partial charge in [-0.15, -0.1) is 0 Å². The van der Waals surface area contributed by atoms with E-state index in [9.17, 15) is 4.79 Å². The van der Waals surface area contributed by atoms with Crippen LogP contribution in [0.15, 0.2) is 59.5 Å². The molecule has 5 aromatic rings. The molecular weight excluding hydrogens is 444 g/mol. The van der Waals surface area contributed by atoms with E-state index in [0.717, 1.165) is 41.9 Å². The van der Waals surface area contributed by atoms with Gasteiger partial charge in [0.2, 0.25) is 11.7 Å². The van der Waals surface area contributed by atoms with Gasteiger partial charge in [0.05, 0.1) is 29.0 Å². The second-order valence-electron chi connectivity index (χ2n) is 8.75. The molecular formula is C25H24N8O2. The number of rotatable bonds is 5. The molecule has 6 rings (SSSR count). The van der Waals surface area contributed by atoms with Crippen molar-refractivity contribution in [3.05, 3.63) is 72.0 Å². The standard InChI is InChI=1S/C25H24N8O2/c1-15-3-4-17(24-28-16(2)35-31-24)11-22(15)29-25(34)20-13-27-33-14-18(5-6-23(20)33)21-8-10-32(30-21)19-7-9-26-12-19/h3-6,8,10-11,13-14,19,26H,7,9,12H2,1-2H3,(H,29,34)/t19-/m0/s1. The van der Waals surface area contributed by atoms with Crippen molar-refractivity contribution >= 4 is 17.1 Å². The highest BCUT2D eigenvalue weighted by Crippen LogP contribution is 2.26. The Bertz CT molecular complexity index is 1540. The number of nitrogens with one attached hydrogen (secondary N) is 2. The van der Waals surface area contributed by atoms with Gasteiger partial charge in [-0.1, -0.05) is 17.3 Å². The van der Waals surface area contributed by atoms with E-state index >= 15 is 0 Å². The summed E-state index contributed by atoms with van der Waals surface area (Å²) in [6.45, 7) is 5.63. The van der Waals surface area contributed by atoms with Gasteiger partial charge in [0.1, 0.15) is 0 Å². The third-order valence-electron chi connectivity index (χ3n) is 6.34. The van der Waals surface area contributed by atoms with Crippen molar-refractivity contribution in [2.45, 2.75) is 26.3 Å². The van der Waals surface area contributed by atoms with Gasteiger partial charge in [-0.25, -0.2) is 4.52 Å². The van der Waals surface area contributed by atoms with Crippen molar-refractivity contribution in [3.8, 4) is 22.6 Å². The van der Waals surface area contributed by atoms with Gasteiger partial charge in [-0.3, -0.25) is 9.48 Å². The largest absolute Gasteiger partial charge is 0.339 e. The van der Waals surface area contributed by atoms with Crippen LogP contribution in [0.25, 0.3) is 28.2 Å². The minimum Gasteiger partial charge on any atom is -0.339 e. The molecule has 1 fully saturated rings. The first-order valence-corrected chi connectivity index (χ1v) is 11.5. The molecule has 10 nitrogen and oxygen atoms in total. The third kappa shape index (κ3) is 3.97. The van der Waals surface area contributed by atoms with Crippen LogP contribution in [-0.2, 0) is 0 Å². The maximum absolute atomic E-state index is 13.2. The molecule has 1 atom stereocenters. The topological polar surface area (TPSA) is 115 Å². The molecule has 1 amide bonds. The van der Waals surface area contributed by atoms with Crippen LogP contribution < -0.4 is 10.6 Å². The fraction of sp³-hybridized carbons (Fsp3) is 0.240. The summed E-state index contributed by atoms with van der Waals surface area (Å²) in [5, 5.41) is 19.5. The zero-order valence-corrected chi connectivity index (χ0v) is 19.4. The average Bonchev–Trinajstić information content (AvgIpc) is 3.66. The van der Waals surface area contributed by atoms with Gasteiger partial charge in [0, 0.05) is 42.7 Å². The third-order valence-corrected chi connectivity index (χ3v) is 6.34. The lowest BCUT2D eigenvalue weighted by atomic mass is 10.1. The molecule has 1 aliphatic rings. The molecule has 0 radical (unpaired) electrons. The Morgan fingerprint density at radius 1 is 1.17 bits per heavy atom. The molecule has 2 N–H and O–H groups in total. The molecule has 1 saturated heterocycles. The van der Waals surface area contributed by atoms with Crippen LogP contribution in [0, 0.1) is 13.8 Å². The second kappa shape index (κ2) is 8.48. The molecule has 4 aromatic heterocycles. The SMILES string of the molecule is Cc1nc(-c2ccc(C)c(NC(=O)c3cnn4cc(-c5ccn([C@H]6CCNC6)n5)ccc34)c2)no1. The molecule has 176 valence electrons. The lowest BCUT2D eigenvalue weighted by molar-refractivity contribution is 0.102. The number of fused-ring (bicyclic) bond motifs is 1. The summed E-state index contributed by atoms with van der Waals surface area (Å²) in [5.74, 6) is 0.725. The van der Waals surface area contributed by atoms with Gasteiger partial charge in [0.25, 0.3) is 5.91 Å². The fourth-order valence-electron chi connectivity index (χ4n) is 4.37. The highest BCUT2D eigenvalue weighted by atomic mass is 16.5. The normalized spacial score (nSPS) is 15.7.